The molecular weight excluding hydrogens is 887 g/mol. The molecule has 0 bridgehead atoms. The number of amides is 5. The van der Waals surface area contributed by atoms with Crippen LogP contribution in [0.4, 0.5) is 27.7 Å². The number of hydrogen-bond acceptors (Lipinski definition) is 13. The van der Waals surface area contributed by atoms with E-state index in [-0.39, 0.29) is 78.1 Å². The number of thiophene rings is 1. The SMILES string of the molecule is COc1cc2c(cc1OCCCC(=O)Nc1cc(C(=O)Nc3ccc4sc(C(=O)N(C)C)cc4c3)cn1C)N(C(=O)OCc1ccc([N+](=O)[O-])cc1)C(OC1CCCCO1)C1CCCN1C2=O. The van der Waals surface area contributed by atoms with E-state index in [0.29, 0.717) is 59.9 Å². The van der Waals surface area contributed by atoms with Crippen LogP contribution in [0.3, 0.4) is 0 Å². The molecule has 3 atom stereocenters. The second-order valence-electron chi connectivity index (χ2n) is 16.6. The molecule has 5 amide bonds. The van der Waals surface area contributed by atoms with Crippen molar-refractivity contribution in [2.45, 2.75) is 70.1 Å². The molecule has 2 fully saturated rings. The number of benzene rings is 3. The number of nitrogens with zero attached hydrogens (tertiary/aromatic N) is 5. The quantitative estimate of drug-likeness (QED) is 0.0592. The van der Waals surface area contributed by atoms with E-state index in [1.165, 1.54) is 64.6 Å². The van der Waals surface area contributed by atoms with Gasteiger partial charge in [-0.1, -0.05) is 0 Å². The summed E-state index contributed by atoms with van der Waals surface area (Å²) in [6.45, 7) is 0.758. The number of fused-ring (bicyclic) bond motifs is 3. The average molecular weight is 938 g/mol. The maximum atomic E-state index is 14.4. The van der Waals surface area contributed by atoms with Gasteiger partial charge < -0.3 is 48.7 Å². The first-order valence-electron chi connectivity index (χ1n) is 21.9. The number of anilines is 3. The number of non-ortho nitro benzene ring substituents is 1. The van der Waals surface area contributed by atoms with Gasteiger partial charge in [-0.3, -0.25) is 29.3 Å². The van der Waals surface area contributed by atoms with Crippen molar-refractivity contribution < 1.29 is 52.6 Å². The van der Waals surface area contributed by atoms with Crippen molar-refractivity contribution in [3.63, 3.8) is 0 Å². The van der Waals surface area contributed by atoms with Crippen molar-refractivity contribution in [1.82, 2.24) is 14.4 Å². The Bertz CT molecular complexity index is 2690. The van der Waals surface area contributed by atoms with Gasteiger partial charge >= 0.3 is 6.09 Å². The fourth-order valence-corrected chi connectivity index (χ4v) is 9.40. The molecule has 8 rings (SSSR count). The van der Waals surface area contributed by atoms with Crippen LogP contribution in [0, 0.1) is 10.1 Å². The lowest BCUT2D eigenvalue weighted by atomic mass is 10.1. The summed E-state index contributed by atoms with van der Waals surface area (Å²) in [5.41, 5.74) is 1.63. The van der Waals surface area contributed by atoms with Crippen LogP contribution in [-0.2, 0) is 32.7 Å². The highest BCUT2D eigenvalue weighted by Gasteiger charge is 2.48. The molecule has 3 unspecified atom stereocenters. The van der Waals surface area contributed by atoms with Gasteiger partial charge in [0.15, 0.2) is 24.0 Å². The number of nitro groups is 1. The van der Waals surface area contributed by atoms with Crippen molar-refractivity contribution in [2.75, 3.05) is 56.5 Å². The van der Waals surface area contributed by atoms with Crippen molar-refractivity contribution in [1.29, 1.82) is 0 Å². The maximum Gasteiger partial charge on any atom is 0.416 e. The summed E-state index contributed by atoms with van der Waals surface area (Å²) in [5.74, 6) is -0.276. The summed E-state index contributed by atoms with van der Waals surface area (Å²) in [6, 6.07) is 17.0. The minimum Gasteiger partial charge on any atom is -0.493 e. The molecule has 19 nitrogen and oxygen atoms in total. The molecule has 0 spiro atoms. The minimum atomic E-state index is -1.00. The summed E-state index contributed by atoms with van der Waals surface area (Å²) in [6.07, 6.45) is 3.04. The number of carbonyl (C=O) groups is 5. The third-order valence-electron chi connectivity index (χ3n) is 11.8. The highest BCUT2D eigenvalue weighted by Crippen LogP contribution is 2.43. The van der Waals surface area contributed by atoms with Gasteiger partial charge in [0.05, 0.1) is 46.4 Å². The first-order chi connectivity index (χ1) is 32.3. The topological polar surface area (TPSA) is 213 Å². The Morgan fingerprint density at radius 2 is 1.78 bits per heavy atom. The van der Waals surface area contributed by atoms with E-state index in [4.69, 9.17) is 23.7 Å². The molecule has 2 aromatic heterocycles. The first-order valence-corrected chi connectivity index (χ1v) is 22.7. The fourth-order valence-electron chi connectivity index (χ4n) is 8.34. The summed E-state index contributed by atoms with van der Waals surface area (Å²) >= 11 is 1.38. The number of rotatable bonds is 15. The van der Waals surface area contributed by atoms with Crippen molar-refractivity contribution in [2.24, 2.45) is 7.05 Å². The number of carbonyl (C=O) groups excluding carboxylic acids is 5. The number of methoxy groups -OCH3 is 1. The Balaban J connectivity index is 0.947. The second kappa shape index (κ2) is 20.2. The van der Waals surface area contributed by atoms with Gasteiger partial charge in [-0.2, -0.15) is 0 Å². The van der Waals surface area contributed by atoms with E-state index in [1.807, 2.05) is 12.1 Å². The van der Waals surface area contributed by atoms with Crippen LogP contribution >= 0.6 is 11.3 Å². The van der Waals surface area contributed by atoms with Gasteiger partial charge in [0.25, 0.3) is 23.4 Å². The molecule has 2 N–H and O–H groups in total. The number of ether oxygens (including phenoxy) is 5. The molecule has 0 saturated carbocycles. The third-order valence-corrected chi connectivity index (χ3v) is 12.9. The zero-order valence-corrected chi connectivity index (χ0v) is 38.3. The number of nitrogens with one attached hydrogen (secondary N) is 2. The van der Waals surface area contributed by atoms with Gasteiger partial charge in [-0.05, 0) is 98.0 Å². The first kappa shape index (κ1) is 46.5. The Kier molecular flexibility index (Phi) is 14.0. The number of aryl methyl sites for hydroxylation is 1. The van der Waals surface area contributed by atoms with Crippen LogP contribution in [0.25, 0.3) is 10.1 Å². The van der Waals surface area contributed by atoms with Crippen LogP contribution in [-0.4, -0.2) is 109 Å². The lowest BCUT2D eigenvalue weighted by Gasteiger charge is -2.38. The van der Waals surface area contributed by atoms with Crippen LogP contribution < -0.4 is 25.0 Å². The predicted molar refractivity (Wildman–Crippen MR) is 248 cm³/mol. The average Bonchev–Trinajstić information content (AvgIpc) is 4.07. The lowest BCUT2D eigenvalue weighted by molar-refractivity contribution is -0.384. The Morgan fingerprint density at radius 3 is 2.51 bits per heavy atom. The Hall–Kier alpha value is -7.03. The van der Waals surface area contributed by atoms with Crippen LogP contribution in [0.2, 0.25) is 0 Å². The van der Waals surface area contributed by atoms with E-state index in [0.717, 1.165) is 22.9 Å². The summed E-state index contributed by atoms with van der Waals surface area (Å²) < 4.78 is 32.8. The number of nitro benzene ring substituents is 1. The highest BCUT2D eigenvalue weighted by atomic mass is 32.1. The summed E-state index contributed by atoms with van der Waals surface area (Å²) in [7, 11) is 6.54. The van der Waals surface area contributed by atoms with E-state index < -0.39 is 29.6 Å². The lowest BCUT2D eigenvalue weighted by Crippen LogP contribution is -2.54. The van der Waals surface area contributed by atoms with Gasteiger partial charge in [0.2, 0.25) is 5.91 Å². The Labute approximate surface area is 389 Å². The molecule has 20 heteroatoms. The van der Waals surface area contributed by atoms with E-state index >= 15 is 0 Å². The molecule has 3 aliphatic heterocycles. The largest absolute Gasteiger partial charge is 0.493 e. The monoisotopic (exact) mass is 937 g/mol. The molecule has 2 saturated heterocycles. The standard InChI is InChI=1S/C47H51N7O12S/c1-50(2)45(58)39-22-29-21-31(14-17-38(29)67-39)48-43(56)30-23-40(51(3)26-30)49-41(55)10-8-20-63-37-25-35-33(24-36(37)62-4)44(57)52-18-7-9-34(52)46(66-42-11-5-6-19-64-42)53(35)47(59)65-27-28-12-15-32(16-13-28)54(60)61/h12-17,21-26,34,42,46H,5-11,18-20,27H2,1-4H3,(H,48,56)(H,49,55). The molecule has 5 aromatic rings. The third kappa shape index (κ3) is 10.4. The molecular formula is C47H51N7O12S. The molecule has 5 heterocycles. The van der Waals surface area contributed by atoms with E-state index in [1.54, 1.807) is 55.0 Å². The molecule has 67 heavy (non-hydrogen) atoms. The van der Waals surface area contributed by atoms with E-state index in [2.05, 4.69) is 10.6 Å². The van der Waals surface area contributed by atoms with Gasteiger partial charge in [0.1, 0.15) is 12.4 Å². The molecule has 3 aromatic carbocycles. The second-order valence-corrected chi connectivity index (χ2v) is 17.7. The molecule has 3 aliphatic rings. The zero-order valence-electron chi connectivity index (χ0n) is 37.5. The van der Waals surface area contributed by atoms with Gasteiger partial charge in [0, 0.05) is 75.5 Å². The summed E-state index contributed by atoms with van der Waals surface area (Å²) in [5, 5.41) is 17.8. The van der Waals surface area contributed by atoms with Crippen LogP contribution in [0.1, 0.15) is 80.9 Å². The van der Waals surface area contributed by atoms with Gasteiger partial charge in [-0.15, -0.1) is 11.3 Å². The van der Waals surface area contributed by atoms with Crippen LogP contribution in [0.15, 0.2) is 72.9 Å². The number of hydrogen-bond donors (Lipinski definition) is 2. The predicted octanol–water partition coefficient (Wildman–Crippen LogP) is 7.54. The normalized spacial score (nSPS) is 17.9. The van der Waals surface area contributed by atoms with Crippen molar-refractivity contribution in [3.8, 4) is 11.5 Å². The smallest absolute Gasteiger partial charge is 0.416 e. The fraction of sp³-hybridized carbons (Fsp3) is 0.383. The Morgan fingerprint density at radius 1 is 0.970 bits per heavy atom. The minimum absolute atomic E-state index is 0.0474. The molecule has 352 valence electrons. The maximum absolute atomic E-state index is 14.4. The zero-order chi connectivity index (χ0) is 47.4. The van der Waals surface area contributed by atoms with Crippen LogP contribution in [0.5, 0.6) is 11.5 Å². The van der Waals surface area contributed by atoms with E-state index in [9.17, 15) is 34.1 Å². The summed E-state index contributed by atoms with van der Waals surface area (Å²) in [4.78, 5) is 83.4. The van der Waals surface area contributed by atoms with Crippen molar-refractivity contribution >= 4 is 74.0 Å². The highest BCUT2D eigenvalue weighted by molar-refractivity contribution is 7.20. The van der Waals surface area contributed by atoms with Crippen molar-refractivity contribution in [3.05, 3.63) is 105 Å². The number of aromatic nitrogens is 1. The molecule has 0 radical (unpaired) electrons. The van der Waals surface area contributed by atoms with Gasteiger partial charge in [-0.25, -0.2) is 9.69 Å². The molecule has 0 aliphatic carbocycles.